The van der Waals surface area contributed by atoms with Crippen molar-refractivity contribution in [3.8, 4) is 17.2 Å². The summed E-state index contributed by atoms with van der Waals surface area (Å²) in [6.07, 6.45) is 3.58. The number of hydrogen-bond acceptors (Lipinski definition) is 7. The molecule has 0 radical (unpaired) electrons. The Labute approximate surface area is 162 Å². The smallest absolute Gasteiger partial charge is 0.261 e. The Balaban J connectivity index is 1.47. The van der Waals surface area contributed by atoms with Gasteiger partial charge in [0.25, 0.3) is 5.89 Å². The lowest BCUT2D eigenvalue weighted by molar-refractivity contribution is 0.393. The largest absolute Gasteiger partial charge is 0.496 e. The van der Waals surface area contributed by atoms with Gasteiger partial charge in [0.15, 0.2) is 17.5 Å². The molecule has 0 aliphatic carbocycles. The zero-order chi connectivity index (χ0) is 19.5. The van der Waals surface area contributed by atoms with E-state index < -0.39 is 0 Å². The molecule has 146 valence electrons. The summed E-state index contributed by atoms with van der Waals surface area (Å²) in [5.41, 5.74) is 1.23. The lowest BCUT2D eigenvalue weighted by Gasteiger charge is -2.31. The summed E-state index contributed by atoms with van der Waals surface area (Å²) in [4.78, 5) is 14.7. The van der Waals surface area contributed by atoms with Crippen LogP contribution in [0.4, 0.5) is 10.2 Å². The summed E-state index contributed by atoms with van der Waals surface area (Å²) in [6.45, 7) is 3.25. The molecular weight excluding hydrogens is 361 g/mol. The van der Waals surface area contributed by atoms with Gasteiger partial charge < -0.3 is 14.2 Å². The van der Waals surface area contributed by atoms with Crippen LogP contribution >= 0.6 is 0 Å². The van der Waals surface area contributed by atoms with Crippen LogP contribution in [-0.2, 0) is 6.42 Å². The number of anilines is 1. The first-order valence-electron chi connectivity index (χ1n) is 9.42. The van der Waals surface area contributed by atoms with Crippen LogP contribution in [0.1, 0.15) is 37.2 Å². The zero-order valence-electron chi connectivity index (χ0n) is 15.9. The molecule has 1 aromatic carbocycles. The lowest BCUT2D eigenvalue weighted by Crippen LogP contribution is -2.34. The van der Waals surface area contributed by atoms with Crippen molar-refractivity contribution in [2.45, 2.75) is 32.1 Å². The number of ether oxygens (including phenoxy) is 1. The first kappa shape index (κ1) is 18.3. The third-order valence-electron chi connectivity index (χ3n) is 5.12. The second-order valence-electron chi connectivity index (χ2n) is 6.73. The summed E-state index contributed by atoms with van der Waals surface area (Å²) in [6, 6.07) is 7.55. The number of benzene rings is 1. The quantitative estimate of drug-likeness (QED) is 0.666. The molecule has 7 nitrogen and oxygen atoms in total. The maximum atomic E-state index is 14.5. The van der Waals surface area contributed by atoms with Crippen LogP contribution in [0.2, 0.25) is 0 Å². The Morgan fingerprint density at radius 1 is 1.21 bits per heavy atom. The van der Waals surface area contributed by atoms with Crippen LogP contribution in [-0.4, -0.2) is 40.3 Å². The third kappa shape index (κ3) is 3.42. The van der Waals surface area contributed by atoms with Crippen molar-refractivity contribution in [2.24, 2.45) is 0 Å². The number of halogens is 1. The van der Waals surface area contributed by atoms with Crippen LogP contribution in [0, 0.1) is 5.82 Å². The van der Waals surface area contributed by atoms with Crippen molar-refractivity contribution < 1.29 is 13.7 Å². The Morgan fingerprint density at radius 2 is 2.00 bits per heavy atom. The van der Waals surface area contributed by atoms with E-state index in [-0.39, 0.29) is 11.7 Å². The molecule has 0 saturated carbocycles. The first-order valence-corrected chi connectivity index (χ1v) is 9.42. The number of nitrogens with zero attached hydrogens (tertiary/aromatic N) is 5. The van der Waals surface area contributed by atoms with E-state index in [1.54, 1.807) is 7.11 Å². The van der Waals surface area contributed by atoms with Crippen molar-refractivity contribution in [3.05, 3.63) is 47.9 Å². The average Bonchev–Trinajstić information content (AvgIpc) is 3.24. The Hall–Kier alpha value is -3.03. The second-order valence-corrected chi connectivity index (χ2v) is 6.73. The van der Waals surface area contributed by atoms with Crippen molar-refractivity contribution in [2.75, 3.05) is 25.1 Å². The van der Waals surface area contributed by atoms with Crippen molar-refractivity contribution in [3.63, 3.8) is 0 Å². The summed E-state index contributed by atoms with van der Waals surface area (Å²) in [5, 5.41) is 4.17. The topological polar surface area (TPSA) is 77.2 Å². The molecular formula is C20H22FN5O2. The minimum Gasteiger partial charge on any atom is -0.496 e. The number of piperidine rings is 1. The van der Waals surface area contributed by atoms with Crippen LogP contribution < -0.4 is 9.64 Å². The highest BCUT2D eigenvalue weighted by Crippen LogP contribution is 2.33. The fourth-order valence-corrected chi connectivity index (χ4v) is 3.54. The molecule has 2 aromatic heterocycles. The van der Waals surface area contributed by atoms with E-state index in [0.29, 0.717) is 48.5 Å². The van der Waals surface area contributed by atoms with E-state index in [1.807, 2.05) is 36.1 Å². The van der Waals surface area contributed by atoms with Crippen LogP contribution in [0.15, 0.2) is 35.1 Å². The van der Waals surface area contributed by atoms with Gasteiger partial charge in [0, 0.05) is 19.0 Å². The summed E-state index contributed by atoms with van der Waals surface area (Å²) in [7, 11) is 1.61. The first-order chi connectivity index (χ1) is 13.7. The summed E-state index contributed by atoms with van der Waals surface area (Å²) in [5.74, 6) is 2.05. The third-order valence-corrected chi connectivity index (χ3v) is 5.12. The van der Waals surface area contributed by atoms with Gasteiger partial charge in [-0.2, -0.15) is 4.98 Å². The second kappa shape index (κ2) is 7.92. The molecule has 0 amide bonds. The molecule has 1 aliphatic heterocycles. The maximum absolute atomic E-state index is 14.5. The molecule has 0 atom stereocenters. The number of para-hydroxylation sites is 1. The van der Waals surface area contributed by atoms with Gasteiger partial charge in [-0.1, -0.05) is 24.2 Å². The van der Waals surface area contributed by atoms with E-state index in [1.165, 1.54) is 6.33 Å². The summed E-state index contributed by atoms with van der Waals surface area (Å²) < 4.78 is 25.4. The van der Waals surface area contributed by atoms with Gasteiger partial charge in [-0.15, -0.1) is 0 Å². The van der Waals surface area contributed by atoms with E-state index in [0.717, 1.165) is 18.4 Å². The molecule has 1 aliphatic rings. The molecule has 3 aromatic rings. The molecule has 0 N–H and O–H groups in total. The standard InChI is InChI=1S/C20H22FN5O2/c1-3-15-17(21)19(23-12-22-15)26-10-8-13(9-11-26)18-24-20(28-25-18)14-6-4-5-7-16(14)27-2/h4-7,12-13H,3,8-11H2,1-2H3. The minimum absolute atomic E-state index is 0.166. The Kier molecular flexibility index (Phi) is 5.18. The van der Waals surface area contributed by atoms with E-state index in [2.05, 4.69) is 20.1 Å². The Morgan fingerprint density at radius 3 is 2.75 bits per heavy atom. The molecule has 1 fully saturated rings. The molecule has 0 spiro atoms. The fourth-order valence-electron chi connectivity index (χ4n) is 3.54. The van der Waals surface area contributed by atoms with Crippen LogP contribution in [0.3, 0.4) is 0 Å². The van der Waals surface area contributed by atoms with Gasteiger partial charge in [-0.05, 0) is 31.4 Å². The zero-order valence-corrected chi connectivity index (χ0v) is 15.9. The van der Waals surface area contributed by atoms with E-state index in [9.17, 15) is 4.39 Å². The summed E-state index contributed by atoms with van der Waals surface area (Å²) >= 11 is 0. The van der Waals surface area contributed by atoms with Gasteiger partial charge in [0.05, 0.1) is 18.4 Å². The minimum atomic E-state index is -0.318. The van der Waals surface area contributed by atoms with Crippen molar-refractivity contribution in [1.82, 2.24) is 20.1 Å². The van der Waals surface area contributed by atoms with Crippen LogP contribution in [0.25, 0.3) is 11.5 Å². The maximum Gasteiger partial charge on any atom is 0.261 e. The number of rotatable bonds is 5. The predicted octanol–water partition coefficient (Wildman–Crippen LogP) is 3.62. The lowest BCUT2D eigenvalue weighted by atomic mass is 9.96. The number of aryl methyl sites for hydroxylation is 1. The molecule has 3 heterocycles. The predicted molar refractivity (Wildman–Crippen MR) is 102 cm³/mol. The van der Waals surface area contributed by atoms with Gasteiger partial charge in [0.2, 0.25) is 0 Å². The number of methoxy groups -OCH3 is 1. The molecule has 8 heteroatoms. The fraction of sp³-hybridized carbons (Fsp3) is 0.400. The molecule has 4 rings (SSSR count). The average molecular weight is 383 g/mol. The monoisotopic (exact) mass is 383 g/mol. The van der Waals surface area contributed by atoms with Gasteiger partial charge >= 0.3 is 0 Å². The van der Waals surface area contributed by atoms with E-state index in [4.69, 9.17) is 9.26 Å². The molecule has 0 unspecified atom stereocenters. The number of hydrogen-bond donors (Lipinski definition) is 0. The highest BCUT2D eigenvalue weighted by molar-refractivity contribution is 5.62. The molecule has 28 heavy (non-hydrogen) atoms. The number of aromatic nitrogens is 4. The molecule has 0 bridgehead atoms. The van der Waals surface area contributed by atoms with E-state index >= 15 is 0 Å². The van der Waals surface area contributed by atoms with Gasteiger partial charge in [-0.25, -0.2) is 14.4 Å². The van der Waals surface area contributed by atoms with Crippen molar-refractivity contribution in [1.29, 1.82) is 0 Å². The highest BCUT2D eigenvalue weighted by atomic mass is 19.1. The van der Waals surface area contributed by atoms with Crippen molar-refractivity contribution >= 4 is 5.82 Å². The SMILES string of the molecule is CCc1ncnc(N2CCC(c3noc(-c4ccccc4OC)n3)CC2)c1F. The normalized spacial score (nSPS) is 15.0. The molecule has 1 saturated heterocycles. The van der Waals surface area contributed by atoms with Gasteiger partial charge in [-0.3, -0.25) is 0 Å². The highest BCUT2D eigenvalue weighted by Gasteiger charge is 2.27. The van der Waals surface area contributed by atoms with Gasteiger partial charge in [0.1, 0.15) is 12.1 Å². The van der Waals surface area contributed by atoms with Crippen LogP contribution in [0.5, 0.6) is 5.75 Å². The Bertz CT molecular complexity index is 953.